The maximum absolute atomic E-state index is 12.0. The standard InChI is InChI=1S/C15H22BrNO2/c1-9(2)14(16)15(18)17-13-7-6-12(8-11(13)5)19-10(3)4/h6-10,14H,1-5H3,(H,17,18). The molecule has 1 unspecified atom stereocenters. The lowest BCUT2D eigenvalue weighted by Crippen LogP contribution is -2.27. The lowest BCUT2D eigenvalue weighted by Gasteiger charge is -2.16. The van der Waals surface area contributed by atoms with Gasteiger partial charge in [-0.1, -0.05) is 29.8 Å². The SMILES string of the molecule is Cc1cc(OC(C)C)ccc1NC(=O)C(Br)C(C)C. The Bertz CT molecular complexity index is 444. The van der Waals surface area contributed by atoms with E-state index in [0.29, 0.717) is 0 Å². The number of anilines is 1. The van der Waals surface area contributed by atoms with Crippen molar-refractivity contribution in [3.8, 4) is 5.75 Å². The van der Waals surface area contributed by atoms with Crippen molar-refractivity contribution < 1.29 is 9.53 Å². The van der Waals surface area contributed by atoms with Crippen molar-refractivity contribution in [1.29, 1.82) is 0 Å². The summed E-state index contributed by atoms with van der Waals surface area (Å²) in [5, 5.41) is 2.93. The van der Waals surface area contributed by atoms with Crippen molar-refractivity contribution in [1.82, 2.24) is 0 Å². The van der Waals surface area contributed by atoms with Gasteiger partial charge in [-0.25, -0.2) is 0 Å². The first-order valence-corrected chi connectivity index (χ1v) is 7.45. The van der Waals surface area contributed by atoms with E-state index in [4.69, 9.17) is 4.74 Å². The van der Waals surface area contributed by atoms with E-state index in [2.05, 4.69) is 21.2 Å². The van der Waals surface area contributed by atoms with Crippen LogP contribution in [0.15, 0.2) is 18.2 Å². The van der Waals surface area contributed by atoms with Crippen LogP contribution in [0.5, 0.6) is 5.75 Å². The number of aryl methyl sites for hydroxylation is 1. The Morgan fingerprint density at radius 3 is 2.37 bits per heavy atom. The molecular weight excluding hydrogens is 306 g/mol. The second kappa shape index (κ2) is 6.94. The maximum atomic E-state index is 12.0. The molecule has 0 saturated heterocycles. The average Bonchev–Trinajstić information content (AvgIpc) is 2.30. The van der Waals surface area contributed by atoms with Crippen LogP contribution in [-0.4, -0.2) is 16.8 Å². The molecule has 1 atom stereocenters. The molecule has 0 spiro atoms. The van der Waals surface area contributed by atoms with Crippen LogP contribution in [0.4, 0.5) is 5.69 Å². The molecule has 4 heteroatoms. The Morgan fingerprint density at radius 1 is 1.26 bits per heavy atom. The van der Waals surface area contributed by atoms with E-state index >= 15 is 0 Å². The van der Waals surface area contributed by atoms with Crippen LogP contribution in [-0.2, 0) is 4.79 Å². The second-order valence-corrected chi connectivity index (χ2v) is 6.26. The van der Waals surface area contributed by atoms with Crippen LogP contribution in [0.2, 0.25) is 0 Å². The molecule has 0 aliphatic heterocycles. The normalized spacial score (nSPS) is 12.6. The third-order valence-corrected chi connectivity index (χ3v) is 4.14. The number of halogens is 1. The van der Waals surface area contributed by atoms with Gasteiger partial charge >= 0.3 is 0 Å². The van der Waals surface area contributed by atoms with Gasteiger partial charge in [0, 0.05) is 5.69 Å². The predicted molar refractivity (Wildman–Crippen MR) is 83.1 cm³/mol. The Labute approximate surface area is 123 Å². The molecule has 0 radical (unpaired) electrons. The first kappa shape index (κ1) is 16.0. The Hall–Kier alpha value is -1.03. The van der Waals surface area contributed by atoms with E-state index in [0.717, 1.165) is 17.0 Å². The Kier molecular flexibility index (Phi) is 5.85. The van der Waals surface area contributed by atoms with Gasteiger partial charge in [-0.3, -0.25) is 4.79 Å². The highest BCUT2D eigenvalue weighted by Gasteiger charge is 2.19. The van der Waals surface area contributed by atoms with Gasteiger partial charge in [-0.15, -0.1) is 0 Å². The highest BCUT2D eigenvalue weighted by atomic mass is 79.9. The van der Waals surface area contributed by atoms with Crippen LogP contribution in [0.25, 0.3) is 0 Å². The summed E-state index contributed by atoms with van der Waals surface area (Å²) in [4.78, 5) is 11.8. The molecule has 0 aliphatic rings. The summed E-state index contributed by atoms with van der Waals surface area (Å²) in [6.07, 6.45) is 0.146. The van der Waals surface area contributed by atoms with E-state index < -0.39 is 0 Å². The molecular formula is C15H22BrNO2. The summed E-state index contributed by atoms with van der Waals surface area (Å²) in [7, 11) is 0. The van der Waals surface area contributed by atoms with Gasteiger partial charge < -0.3 is 10.1 Å². The van der Waals surface area contributed by atoms with Gasteiger partial charge in [0.2, 0.25) is 5.91 Å². The summed E-state index contributed by atoms with van der Waals surface area (Å²) in [6.45, 7) is 9.95. The van der Waals surface area contributed by atoms with Crippen LogP contribution in [0.3, 0.4) is 0 Å². The molecule has 1 amide bonds. The van der Waals surface area contributed by atoms with E-state index in [1.165, 1.54) is 0 Å². The maximum Gasteiger partial charge on any atom is 0.238 e. The third kappa shape index (κ3) is 4.86. The lowest BCUT2D eigenvalue weighted by molar-refractivity contribution is -0.116. The first-order chi connectivity index (χ1) is 8.81. The number of carbonyl (C=O) groups is 1. The molecule has 0 aliphatic carbocycles. The second-order valence-electron chi connectivity index (χ2n) is 5.28. The molecule has 0 heterocycles. The van der Waals surface area contributed by atoms with E-state index in [1.54, 1.807) is 0 Å². The zero-order valence-corrected chi connectivity index (χ0v) is 13.7. The van der Waals surface area contributed by atoms with E-state index in [-0.39, 0.29) is 22.8 Å². The van der Waals surface area contributed by atoms with Crippen LogP contribution in [0, 0.1) is 12.8 Å². The minimum Gasteiger partial charge on any atom is -0.491 e. The number of alkyl halides is 1. The molecule has 0 bridgehead atoms. The van der Waals surface area contributed by atoms with Gasteiger partial charge in [0.15, 0.2) is 0 Å². The number of hydrogen-bond donors (Lipinski definition) is 1. The third-order valence-electron chi connectivity index (χ3n) is 2.66. The van der Waals surface area contributed by atoms with Crippen LogP contribution >= 0.6 is 15.9 Å². The molecule has 0 fully saturated rings. The van der Waals surface area contributed by atoms with Gasteiger partial charge in [0.05, 0.1) is 10.9 Å². The predicted octanol–water partition coefficient (Wildman–Crippen LogP) is 4.14. The first-order valence-electron chi connectivity index (χ1n) is 6.53. The molecule has 3 nitrogen and oxygen atoms in total. The number of benzene rings is 1. The molecule has 1 aromatic rings. The smallest absolute Gasteiger partial charge is 0.238 e. The number of rotatable bonds is 5. The summed E-state index contributed by atoms with van der Waals surface area (Å²) >= 11 is 3.40. The molecule has 1 aromatic carbocycles. The average molecular weight is 328 g/mol. The van der Waals surface area contributed by atoms with Crippen LogP contribution < -0.4 is 10.1 Å². The van der Waals surface area contributed by atoms with Crippen molar-refractivity contribution in [3.05, 3.63) is 23.8 Å². The largest absolute Gasteiger partial charge is 0.491 e. The van der Waals surface area contributed by atoms with Gasteiger partial charge in [-0.2, -0.15) is 0 Å². The van der Waals surface area contributed by atoms with Gasteiger partial charge in [0.25, 0.3) is 0 Å². The minimum absolute atomic E-state index is 0.0179. The molecule has 0 saturated carbocycles. The summed E-state index contributed by atoms with van der Waals surface area (Å²) in [5.74, 6) is 1.06. The minimum atomic E-state index is -0.182. The highest BCUT2D eigenvalue weighted by Crippen LogP contribution is 2.23. The molecule has 106 valence electrons. The molecule has 1 rings (SSSR count). The van der Waals surface area contributed by atoms with Crippen LogP contribution in [0.1, 0.15) is 33.3 Å². The fourth-order valence-electron chi connectivity index (χ4n) is 1.63. The molecule has 1 N–H and O–H groups in total. The fourth-order valence-corrected chi connectivity index (χ4v) is 1.74. The van der Waals surface area contributed by atoms with Crippen molar-refractivity contribution in [2.45, 2.75) is 45.5 Å². The van der Waals surface area contributed by atoms with Gasteiger partial charge in [0.1, 0.15) is 5.75 Å². The summed E-state index contributed by atoms with van der Waals surface area (Å²) in [6, 6.07) is 5.69. The molecule has 19 heavy (non-hydrogen) atoms. The van der Waals surface area contributed by atoms with Crippen molar-refractivity contribution in [2.24, 2.45) is 5.92 Å². The monoisotopic (exact) mass is 327 g/mol. The number of nitrogens with one attached hydrogen (secondary N) is 1. The zero-order chi connectivity index (χ0) is 14.6. The Balaban J connectivity index is 2.77. The van der Waals surface area contributed by atoms with Crippen molar-refractivity contribution in [3.63, 3.8) is 0 Å². The van der Waals surface area contributed by atoms with Crippen molar-refractivity contribution >= 4 is 27.5 Å². The number of hydrogen-bond acceptors (Lipinski definition) is 2. The Morgan fingerprint density at radius 2 is 1.89 bits per heavy atom. The number of carbonyl (C=O) groups excluding carboxylic acids is 1. The fraction of sp³-hybridized carbons (Fsp3) is 0.533. The number of ether oxygens (including phenoxy) is 1. The summed E-state index contributed by atoms with van der Waals surface area (Å²) in [5.41, 5.74) is 1.82. The zero-order valence-electron chi connectivity index (χ0n) is 12.2. The highest BCUT2D eigenvalue weighted by molar-refractivity contribution is 9.10. The van der Waals surface area contributed by atoms with E-state index in [1.807, 2.05) is 52.8 Å². The topological polar surface area (TPSA) is 38.3 Å². The quantitative estimate of drug-likeness (QED) is 0.825. The van der Waals surface area contributed by atoms with E-state index in [9.17, 15) is 4.79 Å². The van der Waals surface area contributed by atoms with Crippen molar-refractivity contribution in [2.75, 3.05) is 5.32 Å². The molecule has 0 aromatic heterocycles. The summed E-state index contributed by atoms with van der Waals surface area (Å²) < 4.78 is 5.62. The lowest BCUT2D eigenvalue weighted by atomic mass is 10.1. The van der Waals surface area contributed by atoms with Gasteiger partial charge in [-0.05, 0) is 50.5 Å². The number of amides is 1.